The largest absolute Gasteiger partial charge is 0.493 e. The number of hydrogen-bond acceptors (Lipinski definition) is 9. The molecule has 4 amide bonds. The van der Waals surface area contributed by atoms with Gasteiger partial charge in [0, 0.05) is 6.07 Å². The van der Waals surface area contributed by atoms with Crippen LogP contribution in [0.1, 0.15) is 37.0 Å². The minimum absolute atomic E-state index is 0.121. The third-order valence-corrected chi connectivity index (χ3v) is 7.74. The molecule has 0 radical (unpaired) electrons. The van der Waals surface area contributed by atoms with Crippen LogP contribution in [0, 0.1) is 0 Å². The van der Waals surface area contributed by atoms with E-state index in [1.165, 1.54) is 25.3 Å². The maximum Gasteiger partial charge on any atom is 0.335 e. The SMILES string of the molecule is CCCOc1ccc(N2C(=O)NC(=O)/C(=C\c3cc(Cl)c(OCc4ccc(OCc5ccccc5)c(OC)c4)c(OC)c3)C2=O)cc1OCC. The van der Waals surface area contributed by atoms with E-state index < -0.39 is 17.8 Å². The summed E-state index contributed by atoms with van der Waals surface area (Å²) < 4.78 is 34.5. The number of methoxy groups -OCH3 is 2. The molecule has 0 aromatic heterocycles. The van der Waals surface area contributed by atoms with E-state index in [1.54, 1.807) is 31.4 Å². The van der Waals surface area contributed by atoms with E-state index in [9.17, 15) is 14.4 Å². The van der Waals surface area contributed by atoms with E-state index in [4.69, 9.17) is 40.0 Å². The first-order valence-corrected chi connectivity index (χ1v) is 16.3. The van der Waals surface area contributed by atoms with Crippen LogP contribution in [-0.2, 0) is 22.8 Å². The van der Waals surface area contributed by atoms with Gasteiger partial charge in [-0.05, 0) is 72.5 Å². The molecule has 5 rings (SSSR count). The number of nitrogens with one attached hydrogen (secondary N) is 1. The van der Waals surface area contributed by atoms with Crippen molar-refractivity contribution in [1.82, 2.24) is 5.32 Å². The molecule has 11 nitrogen and oxygen atoms in total. The summed E-state index contributed by atoms with van der Waals surface area (Å²) in [5.74, 6) is 0.794. The number of amides is 4. The highest BCUT2D eigenvalue weighted by Crippen LogP contribution is 2.39. The van der Waals surface area contributed by atoms with Gasteiger partial charge in [0.25, 0.3) is 11.8 Å². The summed E-state index contributed by atoms with van der Waals surface area (Å²) in [5, 5.41) is 2.40. The van der Waals surface area contributed by atoms with Gasteiger partial charge in [0.05, 0.1) is 38.1 Å². The third-order valence-electron chi connectivity index (χ3n) is 7.46. The first-order chi connectivity index (χ1) is 24.3. The van der Waals surface area contributed by atoms with Crippen LogP contribution in [0.25, 0.3) is 6.08 Å². The average Bonchev–Trinajstić information content (AvgIpc) is 3.12. The predicted molar refractivity (Wildman–Crippen MR) is 189 cm³/mol. The Bertz CT molecular complexity index is 1900. The van der Waals surface area contributed by atoms with Crippen molar-refractivity contribution >= 4 is 41.2 Å². The molecule has 1 N–H and O–H groups in total. The van der Waals surface area contributed by atoms with Gasteiger partial charge in [-0.1, -0.05) is 54.9 Å². The second-order valence-corrected chi connectivity index (χ2v) is 11.4. The van der Waals surface area contributed by atoms with Crippen LogP contribution in [-0.4, -0.2) is 45.3 Å². The highest BCUT2D eigenvalue weighted by molar-refractivity contribution is 6.39. The summed E-state index contributed by atoms with van der Waals surface area (Å²) in [7, 11) is 3.01. The molecule has 1 saturated heterocycles. The van der Waals surface area contributed by atoms with Gasteiger partial charge < -0.3 is 28.4 Å². The van der Waals surface area contributed by atoms with E-state index in [0.717, 1.165) is 22.4 Å². The number of carbonyl (C=O) groups is 3. The second-order valence-electron chi connectivity index (χ2n) is 11.0. The van der Waals surface area contributed by atoms with Crippen molar-refractivity contribution in [1.29, 1.82) is 0 Å². The van der Waals surface area contributed by atoms with Crippen LogP contribution in [0.4, 0.5) is 10.5 Å². The van der Waals surface area contributed by atoms with Gasteiger partial charge in [-0.3, -0.25) is 14.9 Å². The fourth-order valence-electron chi connectivity index (χ4n) is 5.07. The maximum absolute atomic E-state index is 13.6. The molecule has 0 bridgehead atoms. The van der Waals surface area contributed by atoms with Crippen LogP contribution in [0.5, 0.6) is 34.5 Å². The number of imide groups is 2. The molecule has 1 aliphatic heterocycles. The van der Waals surface area contributed by atoms with Gasteiger partial charge >= 0.3 is 6.03 Å². The highest BCUT2D eigenvalue weighted by atomic mass is 35.5. The summed E-state index contributed by atoms with van der Waals surface area (Å²) in [4.78, 5) is 40.3. The average molecular weight is 701 g/mol. The fourth-order valence-corrected chi connectivity index (χ4v) is 5.34. The van der Waals surface area contributed by atoms with Crippen molar-refractivity contribution in [2.75, 3.05) is 32.3 Å². The molecule has 1 fully saturated rings. The lowest BCUT2D eigenvalue weighted by Gasteiger charge is -2.27. The van der Waals surface area contributed by atoms with Gasteiger partial charge in [-0.15, -0.1) is 0 Å². The minimum atomic E-state index is -0.895. The van der Waals surface area contributed by atoms with Crippen LogP contribution in [0.2, 0.25) is 5.02 Å². The van der Waals surface area contributed by atoms with Crippen LogP contribution in [0.15, 0.2) is 84.4 Å². The quantitative estimate of drug-likeness (QED) is 0.100. The Morgan fingerprint density at radius 3 is 2.16 bits per heavy atom. The number of rotatable bonds is 15. The van der Waals surface area contributed by atoms with Gasteiger partial charge in [0.2, 0.25) is 0 Å². The van der Waals surface area contributed by atoms with Crippen molar-refractivity contribution in [3.8, 4) is 34.5 Å². The number of ether oxygens (including phenoxy) is 6. The molecule has 0 unspecified atom stereocenters. The monoisotopic (exact) mass is 700 g/mol. The zero-order valence-corrected chi connectivity index (χ0v) is 28.9. The first kappa shape index (κ1) is 35.6. The molecule has 0 spiro atoms. The lowest BCUT2D eigenvalue weighted by molar-refractivity contribution is -0.122. The molecule has 1 heterocycles. The molecule has 0 aliphatic carbocycles. The summed E-state index contributed by atoms with van der Waals surface area (Å²) in [6.07, 6.45) is 2.11. The Balaban J connectivity index is 1.34. The van der Waals surface area contributed by atoms with Crippen molar-refractivity contribution in [3.05, 3.63) is 106 Å². The molecule has 1 aliphatic rings. The van der Waals surface area contributed by atoms with Crippen LogP contribution < -0.4 is 38.6 Å². The highest BCUT2D eigenvalue weighted by Gasteiger charge is 2.37. The number of nitrogens with zero attached hydrogens (tertiary/aromatic N) is 1. The van der Waals surface area contributed by atoms with Gasteiger partial charge in [0.1, 0.15) is 18.8 Å². The van der Waals surface area contributed by atoms with Crippen molar-refractivity contribution in [2.45, 2.75) is 33.5 Å². The summed E-state index contributed by atoms with van der Waals surface area (Å²) in [6, 6.07) is 22.2. The molecule has 4 aromatic rings. The van der Waals surface area contributed by atoms with Crippen LogP contribution >= 0.6 is 11.6 Å². The molecule has 0 saturated carbocycles. The zero-order valence-electron chi connectivity index (χ0n) is 28.1. The number of benzene rings is 4. The van der Waals surface area contributed by atoms with Gasteiger partial charge in [-0.25, -0.2) is 9.69 Å². The Labute approximate surface area is 295 Å². The van der Waals surface area contributed by atoms with Crippen LogP contribution in [0.3, 0.4) is 0 Å². The van der Waals surface area contributed by atoms with Gasteiger partial charge in [0.15, 0.2) is 34.5 Å². The summed E-state index contributed by atoms with van der Waals surface area (Å²) in [6.45, 7) is 5.09. The maximum atomic E-state index is 13.6. The topological polar surface area (TPSA) is 122 Å². The first-order valence-electron chi connectivity index (χ1n) is 15.9. The lowest BCUT2D eigenvalue weighted by Crippen LogP contribution is -2.54. The fraction of sp³-hybridized carbons (Fsp3) is 0.237. The molecule has 0 atom stereocenters. The smallest absolute Gasteiger partial charge is 0.335 e. The molecule has 12 heteroatoms. The van der Waals surface area contributed by atoms with E-state index in [2.05, 4.69) is 5.32 Å². The molecule has 4 aromatic carbocycles. The Kier molecular flexibility index (Phi) is 11.8. The van der Waals surface area contributed by atoms with E-state index in [-0.39, 0.29) is 34.4 Å². The van der Waals surface area contributed by atoms with Crippen molar-refractivity contribution < 1.29 is 42.8 Å². The summed E-state index contributed by atoms with van der Waals surface area (Å²) in [5.41, 5.74) is 2.09. The zero-order chi connectivity index (χ0) is 35.6. The van der Waals surface area contributed by atoms with E-state index in [0.29, 0.717) is 48.4 Å². The molecule has 260 valence electrons. The number of barbiturate groups is 1. The standard InChI is InChI=1S/C38H37ClN2O9/c1-5-16-48-31-15-13-27(21-33(31)47-6-2)41-37(43)28(36(42)40-38(41)44)17-26-18-29(39)35(34(20-26)46-4)50-23-25-12-14-30(32(19-25)45-3)49-22-24-10-8-7-9-11-24/h7-15,17-21H,5-6,16,22-23H2,1-4H3,(H,40,42,44)/b28-17+. The number of halogens is 1. The second kappa shape index (κ2) is 16.6. The Morgan fingerprint density at radius 2 is 1.44 bits per heavy atom. The summed E-state index contributed by atoms with van der Waals surface area (Å²) >= 11 is 6.64. The molecular weight excluding hydrogens is 664 g/mol. The third kappa shape index (κ3) is 8.30. The molecular formula is C38H37ClN2O9. The Morgan fingerprint density at radius 1 is 0.720 bits per heavy atom. The number of hydrogen-bond donors (Lipinski definition) is 1. The Hall–Kier alpha value is -5.68. The number of carbonyl (C=O) groups excluding carboxylic acids is 3. The predicted octanol–water partition coefficient (Wildman–Crippen LogP) is 7.37. The van der Waals surface area contributed by atoms with Crippen molar-refractivity contribution in [3.63, 3.8) is 0 Å². The van der Waals surface area contributed by atoms with Gasteiger partial charge in [-0.2, -0.15) is 0 Å². The van der Waals surface area contributed by atoms with E-state index >= 15 is 0 Å². The number of anilines is 1. The van der Waals surface area contributed by atoms with E-state index in [1.807, 2.05) is 56.3 Å². The minimum Gasteiger partial charge on any atom is -0.493 e. The lowest BCUT2D eigenvalue weighted by atomic mass is 10.1. The molecule has 50 heavy (non-hydrogen) atoms. The number of urea groups is 1. The normalized spacial score (nSPS) is 13.6. The van der Waals surface area contributed by atoms with Crippen molar-refractivity contribution in [2.24, 2.45) is 0 Å².